The minimum atomic E-state index is -0.134. The molecule has 138 valence electrons. The molecule has 3 aromatic rings. The first-order chi connectivity index (χ1) is 13.2. The second-order valence-corrected chi connectivity index (χ2v) is 7.77. The molecular weight excluding hydrogens is 358 g/mol. The van der Waals surface area contributed by atoms with Gasteiger partial charge in [-0.25, -0.2) is 4.98 Å². The molecule has 1 aliphatic heterocycles. The molecule has 1 atom stereocenters. The van der Waals surface area contributed by atoms with E-state index in [0.717, 1.165) is 33.6 Å². The third-order valence-corrected chi connectivity index (χ3v) is 5.95. The Morgan fingerprint density at radius 1 is 1.11 bits per heavy atom. The number of hydrogen-bond acceptors (Lipinski definition) is 4. The number of fused-ring (bicyclic) bond motifs is 1. The van der Waals surface area contributed by atoms with Crippen molar-refractivity contribution in [2.45, 2.75) is 25.3 Å². The number of amides is 2. The van der Waals surface area contributed by atoms with Crippen molar-refractivity contribution in [3.05, 3.63) is 65.2 Å². The fourth-order valence-corrected chi connectivity index (χ4v) is 4.59. The summed E-state index contributed by atoms with van der Waals surface area (Å²) in [7, 11) is 0. The standard InChI is InChI=1S/C21H21N3O2S/c25-19(13-15-7-2-1-3-8-15)22-14-20(26)24-12-6-10-17(24)21-23-16-9-4-5-11-18(16)27-21/h1-5,7-9,11,17H,6,10,12-14H2,(H,22,25)/t17-/m1/s1. The molecule has 6 heteroatoms. The number of carbonyl (C=O) groups excluding carboxylic acids is 2. The summed E-state index contributed by atoms with van der Waals surface area (Å²) in [6, 6.07) is 17.6. The minimum absolute atomic E-state index is 0.0147. The van der Waals surface area contributed by atoms with Crippen molar-refractivity contribution < 1.29 is 9.59 Å². The zero-order chi connectivity index (χ0) is 18.6. The average molecular weight is 379 g/mol. The third kappa shape index (κ3) is 4.01. The van der Waals surface area contributed by atoms with Gasteiger partial charge in [-0.3, -0.25) is 9.59 Å². The molecule has 1 aromatic heterocycles. The van der Waals surface area contributed by atoms with Gasteiger partial charge >= 0.3 is 0 Å². The van der Waals surface area contributed by atoms with Gasteiger partial charge in [-0.05, 0) is 30.5 Å². The highest BCUT2D eigenvalue weighted by atomic mass is 32.1. The number of nitrogens with zero attached hydrogens (tertiary/aromatic N) is 2. The van der Waals surface area contributed by atoms with Gasteiger partial charge in [-0.2, -0.15) is 0 Å². The topological polar surface area (TPSA) is 62.3 Å². The van der Waals surface area contributed by atoms with E-state index in [1.807, 2.05) is 53.4 Å². The van der Waals surface area contributed by atoms with Gasteiger partial charge in [0, 0.05) is 6.54 Å². The molecular formula is C21H21N3O2S. The Morgan fingerprint density at radius 2 is 1.89 bits per heavy atom. The molecule has 1 saturated heterocycles. The molecule has 1 aliphatic rings. The minimum Gasteiger partial charge on any atom is -0.347 e. The summed E-state index contributed by atoms with van der Waals surface area (Å²) < 4.78 is 1.14. The Balaban J connectivity index is 1.38. The Labute approximate surface area is 162 Å². The van der Waals surface area contributed by atoms with Crippen molar-refractivity contribution in [3.63, 3.8) is 0 Å². The van der Waals surface area contributed by atoms with Gasteiger partial charge < -0.3 is 10.2 Å². The summed E-state index contributed by atoms with van der Waals surface area (Å²) in [6.07, 6.45) is 2.17. The molecule has 0 bridgehead atoms. The largest absolute Gasteiger partial charge is 0.347 e. The SMILES string of the molecule is O=C(Cc1ccccc1)NCC(=O)N1CCC[C@@H]1c1nc2ccccc2s1. The zero-order valence-electron chi connectivity index (χ0n) is 14.9. The van der Waals surface area contributed by atoms with E-state index in [9.17, 15) is 9.59 Å². The molecule has 2 heterocycles. The van der Waals surface area contributed by atoms with Crippen molar-refractivity contribution in [2.24, 2.45) is 0 Å². The van der Waals surface area contributed by atoms with E-state index in [1.165, 1.54) is 0 Å². The van der Waals surface area contributed by atoms with E-state index < -0.39 is 0 Å². The summed E-state index contributed by atoms with van der Waals surface area (Å²) in [5.41, 5.74) is 1.92. The Morgan fingerprint density at radius 3 is 2.70 bits per heavy atom. The predicted molar refractivity (Wildman–Crippen MR) is 106 cm³/mol. The molecule has 0 radical (unpaired) electrons. The molecule has 4 rings (SSSR count). The first-order valence-electron chi connectivity index (χ1n) is 9.16. The first-order valence-corrected chi connectivity index (χ1v) is 9.98. The van der Waals surface area contributed by atoms with E-state index in [-0.39, 0.29) is 30.8 Å². The molecule has 27 heavy (non-hydrogen) atoms. The van der Waals surface area contributed by atoms with E-state index in [2.05, 4.69) is 11.4 Å². The average Bonchev–Trinajstić information content (AvgIpc) is 3.33. The maximum absolute atomic E-state index is 12.7. The maximum atomic E-state index is 12.7. The molecule has 2 aromatic carbocycles. The van der Waals surface area contributed by atoms with Gasteiger partial charge in [-0.15, -0.1) is 11.3 Å². The van der Waals surface area contributed by atoms with Crippen molar-refractivity contribution in [2.75, 3.05) is 13.1 Å². The van der Waals surface area contributed by atoms with Crippen LogP contribution in [0.4, 0.5) is 0 Å². The van der Waals surface area contributed by atoms with Crippen LogP contribution in [-0.2, 0) is 16.0 Å². The van der Waals surface area contributed by atoms with Crippen molar-refractivity contribution in [1.82, 2.24) is 15.2 Å². The van der Waals surface area contributed by atoms with Crippen LogP contribution < -0.4 is 5.32 Å². The number of benzene rings is 2. The number of likely N-dealkylation sites (tertiary alicyclic amines) is 1. The molecule has 1 fully saturated rings. The monoisotopic (exact) mass is 379 g/mol. The summed E-state index contributed by atoms with van der Waals surface area (Å²) in [5, 5.41) is 3.74. The molecule has 0 unspecified atom stereocenters. The van der Waals surface area contributed by atoms with Crippen molar-refractivity contribution >= 4 is 33.4 Å². The summed E-state index contributed by atoms with van der Waals surface area (Å²) in [6.45, 7) is 0.751. The molecule has 5 nitrogen and oxygen atoms in total. The lowest BCUT2D eigenvalue weighted by Crippen LogP contribution is -2.40. The van der Waals surface area contributed by atoms with Crippen LogP contribution in [-0.4, -0.2) is 34.8 Å². The lowest BCUT2D eigenvalue weighted by Gasteiger charge is -2.23. The van der Waals surface area contributed by atoms with Crippen molar-refractivity contribution in [1.29, 1.82) is 0 Å². The number of nitrogens with one attached hydrogen (secondary N) is 1. The lowest BCUT2D eigenvalue weighted by atomic mass is 10.1. The number of carbonyl (C=O) groups is 2. The molecule has 0 aliphatic carbocycles. The van der Waals surface area contributed by atoms with Gasteiger partial charge in [0.1, 0.15) is 5.01 Å². The number of hydrogen-bond donors (Lipinski definition) is 1. The summed E-state index contributed by atoms with van der Waals surface area (Å²) in [5.74, 6) is -0.177. The van der Waals surface area contributed by atoms with Crippen LogP contribution in [0.5, 0.6) is 0 Å². The number of para-hydroxylation sites is 1. The van der Waals surface area contributed by atoms with Gasteiger partial charge in [0.25, 0.3) is 0 Å². The van der Waals surface area contributed by atoms with E-state index in [0.29, 0.717) is 6.54 Å². The van der Waals surface area contributed by atoms with Crippen LogP contribution in [0.15, 0.2) is 54.6 Å². The predicted octanol–water partition coefficient (Wildman–Crippen LogP) is 3.32. The summed E-state index contributed by atoms with van der Waals surface area (Å²) in [4.78, 5) is 31.4. The van der Waals surface area contributed by atoms with E-state index in [1.54, 1.807) is 11.3 Å². The van der Waals surface area contributed by atoms with Gasteiger partial charge in [0.2, 0.25) is 11.8 Å². The molecule has 0 saturated carbocycles. The second-order valence-electron chi connectivity index (χ2n) is 6.70. The highest BCUT2D eigenvalue weighted by Crippen LogP contribution is 2.36. The van der Waals surface area contributed by atoms with Crippen LogP contribution >= 0.6 is 11.3 Å². The van der Waals surface area contributed by atoms with Crippen molar-refractivity contribution in [3.8, 4) is 0 Å². The highest BCUT2D eigenvalue weighted by Gasteiger charge is 2.32. The van der Waals surface area contributed by atoms with Crippen LogP contribution in [0.2, 0.25) is 0 Å². The Bertz CT molecular complexity index is 921. The number of rotatable bonds is 5. The van der Waals surface area contributed by atoms with Crippen LogP contribution in [0.3, 0.4) is 0 Å². The highest BCUT2D eigenvalue weighted by molar-refractivity contribution is 7.18. The fourth-order valence-electron chi connectivity index (χ4n) is 3.47. The van der Waals surface area contributed by atoms with Gasteiger partial charge in [-0.1, -0.05) is 42.5 Å². The van der Waals surface area contributed by atoms with Crippen LogP contribution in [0.1, 0.15) is 29.5 Å². The lowest BCUT2D eigenvalue weighted by molar-refractivity contribution is -0.133. The molecule has 1 N–H and O–H groups in total. The van der Waals surface area contributed by atoms with E-state index in [4.69, 9.17) is 4.98 Å². The normalized spacial score (nSPS) is 16.6. The number of thiazole rings is 1. The Hall–Kier alpha value is -2.73. The first kappa shape index (κ1) is 17.7. The van der Waals surface area contributed by atoms with Crippen LogP contribution in [0.25, 0.3) is 10.2 Å². The fraction of sp³-hybridized carbons (Fsp3) is 0.286. The van der Waals surface area contributed by atoms with Gasteiger partial charge in [0.15, 0.2) is 0 Å². The smallest absolute Gasteiger partial charge is 0.242 e. The van der Waals surface area contributed by atoms with E-state index >= 15 is 0 Å². The van der Waals surface area contributed by atoms with Gasteiger partial charge in [0.05, 0.1) is 29.2 Å². The second kappa shape index (κ2) is 7.88. The zero-order valence-corrected chi connectivity index (χ0v) is 15.7. The maximum Gasteiger partial charge on any atom is 0.242 e. The van der Waals surface area contributed by atoms with Crippen LogP contribution in [0, 0.1) is 0 Å². The molecule has 0 spiro atoms. The Kier molecular flexibility index (Phi) is 5.16. The number of aromatic nitrogens is 1. The third-order valence-electron chi connectivity index (χ3n) is 4.81. The summed E-state index contributed by atoms with van der Waals surface area (Å²) >= 11 is 1.65. The quantitative estimate of drug-likeness (QED) is 0.740. The molecule has 2 amide bonds.